The number of nitrogens with zero attached hydrogens (tertiary/aromatic N) is 2. The molecular formula is C23H25ClF3N3O. The third-order valence-electron chi connectivity index (χ3n) is 4.93. The summed E-state index contributed by atoms with van der Waals surface area (Å²) in [5.41, 5.74) is 2.68. The van der Waals surface area contributed by atoms with Gasteiger partial charge >= 0.3 is 6.18 Å². The molecule has 0 radical (unpaired) electrons. The van der Waals surface area contributed by atoms with Crippen LogP contribution in [0.25, 0.3) is 10.9 Å². The Morgan fingerprint density at radius 2 is 1.74 bits per heavy atom. The number of fused-ring (bicyclic) bond motifs is 1. The zero-order chi connectivity index (χ0) is 21.9. The van der Waals surface area contributed by atoms with E-state index >= 15 is 0 Å². The van der Waals surface area contributed by atoms with Crippen LogP contribution in [-0.2, 0) is 23.8 Å². The van der Waals surface area contributed by atoms with Crippen LogP contribution in [0.3, 0.4) is 0 Å². The summed E-state index contributed by atoms with van der Waals surface area (Å²) >= 11 is 0. The van der Waals surface area contributed by atoms with Gasteiger partial charge in [-0.1, -0.05) is 19.1 Å². The maximum absolute atomic E-state index is 12.6. The zero-order valence-corrected chi connectivity index (χ0v) is 18.4. The number of halogens is 4. The molecular weight excluding hydrogens is 427 g/mol. The highest BCUT2D eigenvalue weighted by atomic mass is 35.5. The quantitative estimate of drug-likeness (QED) is 0.509. The Morgan fingerprint density at radius 1 is 1.06 bits per heavy atom. The van der Waals surface area contributed by atoms with Gasteiger partial charge < -0.3 is 10.2 Å². The first-order chi connectivity index (χ1) is 14.2. The summed E-state index contributed by atoms with van der Waals surface area (Å²) in [7, 11) is 3.89. The van der Waals surface area contributed by atoms with Crippen LogP contribution in [0.2, 0.25) is 0 Å². The second-order valence-corrected chi connectivity index (χ2v) is 7.36. The van der Waals surface area contributed by atoms with E-state index in [0.29, 0.717) is 17.7 Å². The van der Waals surface area contributed by atoms with Crippen LogP contribution < -0.4 is 10.2 Å². The van der Waals surface area contributed by atoms with Crippen molar-refractivity contribution in [3.8, 4) is 0 Å². The summed E-state index contributed by atoms with van der Waals surface area (Å²) in [6.07, 6.45) is -2.97. The lowest BCUT2D eigenvalue weighted by Crippen LogP contribution is -2.13. The van der Waals surface area contributed by atoms with Crippen LogP contribution in [0.1, 0.15) is 30.0 Å². The van der Waals surface area contributed by atoms with E-state index in [0.717, 1.165) is 40.8 Å². The van der Waals surface area contributed by atoms with Crippen LogP contribution >= 0.6 is 12.4 Å². The van der Waals surface area contributed by atoms with Crippen LogP contribution in [0.15, 0.2) is 48.5 Å². The van der Waals surface area contributed by atoms with E-state index < -0.39 is 11.7 Å². The molecule has 0 atom stereocenters. The minimum absolute atomic E-state index is 0. The zero-order valence-electron chi connectivity index (χ0n) is 17.6. The normalized spacial score (nSPS) is 11.2. The van der Waals surface area contributed by atoms with Crippen LogP contribution in [0.4, 0.5) is 24.7 Å². The van der Waals surface area contributed by atoms with Crippen molar-refractivity contribution in [1.82, 2.24) is 4.98 Å². The van der Waals surface area contributed by atoms with E-state index in [1.54, 1.807) is 0 Å². The highest BCUT2D eigenvalue weighted by molar-refractivity contribution is 5.95. The molecule has 4 nitrogen and oxygen atoms in total. The number of alkyl halides is 3. The van der Waals surface area contributed by atoms with Gasteiger partial charge in [0.15, 0.2) is 0 Å². The van der Waals surface area contributed by atoms with Gasteiger partial charge in [-0.15, -0.1) is 12.4 Å². The van der Waals surface area contributed by atoms with E-state index in [1.165, 1.54) is 12.1 Å². The van der Waals surface area contributed by atoms with Crippen LogP contribution in [-0.4, -0.2) is 25.0 Å². The molecule has 31 heavy (non-hydrogen) atoms. The lowest BCUT2D eigenvalue weighted by molar-refractivity contribution is -0.137. The SMILES string of the molecule is CCc1cc(N(C)C)nc2ccc(NC(=O)CCc3ccc(C(F)(F)F)cc3)cc12.Cl. The van der Waals surface area contributed by atoms with Crippen molar-refractivity contribution in [2.24, 2.45) is 0 Å². The number of pyridine rings is 1. The molecule has 3 rings (SSSR count). The highest BCUT2D eigenvalue weighted by Crippen LogP contribution is 2.29. The van der Waals surface area contributed by atoms with E-state index in [1.807, 2.05) is 43.3 Å². The average Bonchev–Trinajstić information content (AvgIpc) is 2.71. The summed E-state index contributed by atoms with van der Waals surface area (Å²) in [6, 6.07) is 12.5. The van der Waals surface area contributed by atoms with Gasteiger partial charge in [0, 0.05) is 31.6 Å². The van der Waals surface area contributed by atoms with E-state index in [-0.39, 0.29) is 24.7 Å². The Bertz CT molecular complexity index is 1050. The molecule has 2 aromatic carbocycles. The summed E-state index contributed by atoms with van der Waals surface area (Å²) in [6.45, 7) is 2.07. The van der Waals surface area contributed by atoms with Crippen molar-refractivity contribution in [2.45, 2.75) is 32.4 Å². The number of amides is 1. The lowest BCUT2D eigenvalue weighted by Gasteiger charge is -2.15. The molecule has 1 aromatic heterocycles. The molecule has 0 bridgehead atoms. The minimum atomic E-state index is -4.36. The minimum Gasteiger partial charge on any atom is -0.363 e. The number of nitrogens with one attached hydrogen (secondary N) is 1. The first kappa shape index (κ1) is 24.5. The van der Waals surface area contributed by atoms with Crippen LogP contribution in [0, 0.1) is 0 Å². The summed E-state index contributed by atoms with van der Waals surface area (Å²) in [5, 5.41) is 3.86. The molecule has 0 aliphatic heterocycles. The van der Waals surface area contributed by atoms with Gasteiger partial charge in [-0.25, -0.2) is 4.98 Å². The van der Waals surface area contributed by atoms with Crippen molar-refractivity contribution in [1.29, 1.82) is 0 Å². The van der Waals surface area contributed by atoms with Gasteiger partial charge in [-0.3, -0.25) is 4.79 Å². The number of hydrogen-bond donors (Lipinski definition) is 1. The second kappa shape index (κ2) is 10.0. The van der Waals surface area contributed by atoms with E-state index in [4.69, 9.17) is 0 Å². The van der Waals surface area contributed by atoms with Crippen molar-refractivity contribution in [2.75, 3.05) is 24.3 Å². The Labute approximate surface area is 185 Å². The fourth-order valence-electron chi connectivity index (χ4n) is 3.22. The van der Waals surface area contributed by atoms with Gasteiger partial charge in [-0.05, 0) is 60.4 Å². The maximum Gasteiger partial charge on any atom is 0.416 e. The van der Waals surface area contributed by atoms with Crippen LogP contribution in [0.5, 0.6) is 0 Å². The molecule has 1 N–H and O–H groups in total. The molecule has 3 aromatic rings. The van der Waals surface area contributed by atoms with Gasteiger partial charge in [0.25, 0.3) is 0 Å². The molecule has 166 valence electrons. The molecule has 0 unspecified atom stereocenters. The number of anilines is 2. The predicted molar refractivity (Wildman–Crippen MR) is 121 cm³/mol. The molecule has 1 amide bonds. The van der Waals surface area contributed by atoms with Crippen molar-refractivity contribution >= 4 is 40.7 Å². The number of rotatable bonds is 6. The number of benzene rings is 2. The second-order valence-electron chi connectivity index (χ2n) is 7.36. The Kier molecular flexibility index (Phi) is 7.90. The fraction of sp³-hybridized carbons (Fsp3) is 0.304. The number of carbonyl (C=O) groups is 1. The monoisotopic (exact) mass is 451 g/mol. The largest absolute Gasteiger partial charge is 0.416 e. The third kappa shape index (κ3) is 6.10. The van der Waals surface area contributed by atoms with Gasteiger partial charge in [0.05, 0.1) is 11.1 Å². The summed E-state index contributed by atoms with van der Waals surface area (Å²) in [4.78, 5) is 18.9. The van der Waals surface area contributed by atoms with Gasteiger partial charge in [0.2, 0.25) is 5.91 Å². The molecule has 0 saturated heterocycles. The molecule has 0 fully saturated rings. The van der Waals surface area contributed by atoms with Crippen molar-refractivity contribution in [3.63, 3.8) is 0 Å². The number of hydrogen-bond acceptors (Lipinski definition) is 3. The average molecular weight is 452 g/mol. The lowest BCUT2D eigenvalue weighted by atomic mass is 10.1. The molecule has 1 heterocycles. The number of aromatic nitrogens is 1. The predicted octanol–water partition coefficient (Wildman–Crippen LogP) is 5.88. The van der Waals surface area contributed by atoms with Gasteiger partial charge in [0.1, 0.15) is 5.82 Å². The Balaban J connectivity index is 0.00000341. The Hall–Kier alpha value is -2.80. The van der Waals surface area contributed by atoms with Crippen molar-refractivity contribution < 1.29 is 18.0 Å². The van der Waals surface area contributed by atoms with E-state index in [2.05, 4.69) is 17.2 Å². The molecule has 8 heteroatoms. The molecule has 0 aliphatic rings. The first-order valence-electron chi connectivity index (χ1n) is 9.74. The Morgan fingerprint density at radius 3 is 2.32 bits per heavy atom. The first-order valence-corrected chi connectivity index (χ1v) is 9.74. The third-order valence-corrected chi connectivity index (χ3v) is 4.93. The smallest absolute Gasteiger partial charge is 0.363 e. The molecule has 0 spiro atoms. The van der Waals surface area contributed by atoms with E-state index in [9.17, 15) is 18.0 Å². The number of carbonyl (C=O) groups excluding carboxylic acids is 1. The van der Waals surface area contributed by atoms with Gasteiger partial charge in [-0.2, -0.15) is 13.2 Å². The topological polar surface area (TPSA) is 45.2 Å². The molecule has 0 saturated carbocycles. The highest BCUT2D eigenvalue weighted by Gasteiger charge is 2.29. The number of aryl methyl sites for hydroxylation is 2. The summed E-state index contributed by atoms with van der Waals surface area (Å²) in [5.74, 6) is 0.692. The summed E-state index contributed by atoms with van der Waals surface area (Å²) < 4.78 is 37.9. The fourth-order valence-corrected chi connectivity index (χ4v) is 3.22. The maximum atomic E-state index is 12.6. The standard InChI is InChI=1S/C23H24F3N3O.ClH/c1-4-16-13-21(29(2)3)28-20-11-10-18(14-19(16)20)27-22(30)12-7-15-5-8-17(9-6-15)23(24,25)26;/h5-6,8-11,13-14H,4,7,12H2,1-3H3,(H,27,30);1H. The molecule has 0 aliphatic carbocycles. The van der Waals surface area contributed by atoms with Crippen molar-refractivity contribution in [3.05, 3.63) is 65.2 Å².